The van der Waals surface area contributed by atoms with Crippen molar-refractivity contribution in [1.82, 2.24) is 0 Å². The molecule has 0 bridgehead atoms. The van der Waals surface area contributed by atoms with Crippen LogP contribution in [0.1, 0.15) is 77.3 Å². The van der Waals surface area contributed by atoms with E-state index in [0.29, 0.717) is 29.7 Å². The second-order valence-corrected chi connectivity index (χ2v) is 6.97. The zero-order valence-electron chi connectivity index (χ0n) is 15.9. The van der Waals surface area contributed by atoms with Gasteiger partial charge in [-0.1, -0.05) is 50.6 Å². The molecule has 0 aliphatic carbocycles. The highest BCUT2D eigenvalue weighted by atomic mass is 16.5. The minimum absolute atomic E-state index is 0.0454. The molecule has 1 N–H and O–H groups in total. The van der Waals surface area contributed by atoms with Crippen LogP contribution < -0.4 is 4.74 Å². The first-order chi connectivity index (χ1) is 13.1. The number of fused-ring (bicyclic) bond motifs is 1. The van der Waals surface area contributed by atoms with Crippen LogP contribution in [0.4, 0.5) is 0 Å². The summed E-state index contributed by atoms with van der Waals surface area (Å²) in [6.45, 7) is 3.69. The van der Waals surface area contributed by atoms with Crippen molar-refractivity contribution in [3.8, 4) is 5.75 Å². The Balaban J connectivity index is 2.13. The third-order valence-electron chi connectivity index (χ3n) is 5.13. The predicted molar refractivity (Wildman–Crippen MR) is 105 cm³/mol. The Kier molecular flexibility index (Phi) is 6.07. The average Bonchev–Trinajstić information content (AvgIpc) is 3.09. The Morgan fingerprint density at radius 2 is 1.81 bits per heavy atom. The van der Waals surface area contributed by atoms with Crippen LogP contribution in [-0.2, 0) is 0 Å². The molecule has 0 aromatic heterocycles. The van der Waals surface area contributed by atoms with E-state index in [2.05, 4.69) is 0 Å². The molecule has 0 saturated heterocycles. The summed E-state index contributed by atoms with van der Waals surface area (Å²) >= 11 is 0. The maximum Gasteiger partial charge on any atom is 0.166 e. The fraction of sp³-hybridized carbons (Fsp3) is 0.391. The summed E-state index contributed by atoms with van der Waals surface area (Å²) in [6, 6.07) is 13.3. The predicted octanol–water partition coefficient (Wildman–Crippen LogP) is 4.54. The van der Waals surface area contributed by atoms with Gasteiger partial charge in [0.25, 0.3) is 0 Å². The Hall–Kier alpha value is -2.46. The van der Waals surface area contributed by atoms with Gasteiger partial charge in [0, 0.05) is 24.0 Å². The van der Waals surface area contributed by atoms with Crippen molar-refractivity contribution in [3.05, 3.63) is 64.7 Å². The number of ketones is 2. The summed E-state index contributed by atoms with van der Waals surface area (Å²) in [5.74, 6) is 0.307. The first-order valence-electron chi connectivity index (χ1n) is 9.67. The van der Waals surface area contributed by atoms with Crippen LogP contribution in [0, 0.1) is 0 Å². The lowest BCUT2D eigenvalue weighted by Crippen LogP contribution is -2.24. The number of hydrogen-bond acceptors (Lipinski definition) is 4. The molecule has 0 radical (unpaired) electrons. The van der Waals surface area contributed by atoms with Gasteiger partial charge in [-0.2, -0.15) is 0 Å². The Morgan fingerprint density at radius 1 is 1.07 bits per heavy atom. The van der Waals surface area contributed by atoms with Crippen molar-refractivity contribution in [3.63, 3.8) is 0 Å². The van der Waals surface area contributed by atoms with E-state index < -0.39 is 6.10 Å². The van der Waals surface area contributed by atoms with E-state index in [1.807, 2.05) is 43.3 Å². The van der Waals surface area contributed by atoms with Gasteiger partial charge in [-0.3, -0.25) is 9.59 Å². The highest BCUT2D eigenvalue weighted by Crippen LogP contribution is 2.45. The molecule has 0 amide bonds. The standard InChI is InChI=1S/C23H26O4/c1-3-5-11-20(26)16-12-17(19(25)4-2)23-18(13-16)22(21(14-24)27-23)15-9-7-6-8-10-15/h6-10,12-13,21-22,24H,3-5,11,14H2,1-2H3/t21-,22+/m1/s1. The van der Waals surface area contributed by atoms with Gasteiger partial charge in [-0.25, -0.2) is 0 Å². The lowest BCUT2D eigenvalue weighted by atomic mass is 9.85. The molecule has 2 atom stereocenters. The van der Waals surface area contributed by atoms with E-state index in [1.165, 1.54) is 0 Å². The van der Waals surface area contributed by atoms with Crippen LogP contribution >= 0.6 is 0 Å². The number of Topliss-reactive ketones (excluding diaryl/α,β-unsaturated/α-hetero) is 2. The van der Waals surface area contributed by atoms with Crippen molar-refractivity contribution in [2.24, 2.45) is 0 Å². The van der Waals surface area contributed by atoms with Crippen LogP contribution in [0.25, 0.3) is 0 Å². The van der Waals surface area contributed by atoms with Gasteiger partial charge >= 0.3 is 0 Å². The van der Waals surface area contributed by atoms with Crippen LogP contribution in [0.2, 0.25) is 0 Å². The summed E-state index contributed by atoms with van der Waals surface area (Å²) in [7, 11) is 0. The molecular weight excluding hydrogens is 340 g/mol. The third kappa shape index (κ3) is 3.81. The number of ether oxygens (including phenoxy) is 1. The number of rotatable bonds is 8. The molecular formula is C23H26O4. The maximum atomic E-state index is 12.7. The normalized spacial score (nSPS) is 18.0. The molecule has 1 heterocycles. The number of aliphatic hydroxyl groups is 1. The number of aliphatic hydroxyl groups excluding tert-OH is 1. The summed E-state index contributed by atoms with van der Waals surface area (Å²) in [4.78, 5) is 25.2. The SMILES string of the molecule is CCCCC(=O)c1cc(C(=O)CC)c2c(c1)[C@H](c1ccccc1)[C@@H](CO)O2. The molecule has 0 unspecified atom stereocenters. The second-order valence-electron chi connectivity index (χ2n) is 6.97. The van der Waals surface area contributed by atoms with E-state index >= 15 is 0 Å². The van der Waals surface area contributed by atoms with Gasteiger partial charge in [0.15, 0.2) is 11.6 Å². The Bertz CT molecular complexity index is 826. The molecule has 142 valence electrons. The number of carbonyl (C=O) groups excluding carboxylic acids is 2. The Labute approximate surface area is 160 Å². The first-order valence-corrected chi connectivity index (χ1v) is 9.67. The molecule has 0 spiro atoms. The van der Waals surface area contributed by atoms with Crippen LogP contribution in [0.15, 0.2) is 42.5 Å². The van der Waals surface area contributed by atoms with Gasteiger partial charge in [0.05, 0.1) is 18.1 Å². The van der Waals surface area contributed by atoms with Crippen LogP contribution in [-0.4, -0.2) is 29.4 Å². The molecule has 1 aliphatic heterocycles. The number of carbonyl (C=O) groups is 2. The summed E-state index contributed by atoms with van der Waals surface area (Å²) in [5, 5.41) is 9.87. The van der Waals surface area contributed by atoms with Crippen molar-refractivity contribution >= 4 is 11.6 Å². The highest BCUT2D eigenvalue weighted by molar-refractivity contribution is 6.04. The summed E-state index contributed by atoms with van der Waals surface area (Å²) < 4.78 is 6.01. The molecule has 3 rings (SSSR count). The van der Waals surface area contributed by atoms with Crippen molar-refractivity contribution in [1.29, 1.82) is 0 Å². The van der Waals surface area contributed by atoms with E-state index in [0.717, 1.165) is 24.0 Å². The van der Waals surface area contributed by atoms with E-state index in [1.54, 1.807) is 13.0 Å². The van der Waals surface area contributed by atoms with Gasteiger partial charge in [0.2, 0.25) is 0 Å². The fourth-order valence-electron chi connectivity index (χ4n) is 3.67. The van der Waals surface area contributed by atoms with Crippen LogP contribution in [0.5, 0.6) is 5.75 Å². The summed E-state index contributed by atoms with van der Waals surface area (Å²) in [5.41, 5.74) is 2.83. The molecule has 1 aliphatic rings. The lowest BCUT2D eigenvalue weighted by Gasteiger charge is -2.17. The quantitative estimate of drug-likeness (QED) is 0.697. The smallest absolute Gasteiger partial charge is 0.166 e. The Morgan fingerprint density at radius 3 is 2.44 bits per heavy atom. The third-order valence-corrected chi connectivity index (χ3v) is 5.13. The van der Waals surface area contributed by atoms with Gasteiger partial charge in [-0.05, 0) is 24.1 Å². The molecule has 2 aromatic rings. The largest absolute Gasteiger partial charge is 0.486 e. The molecule has 0 fully saturated rings. The lowest BCUT2D eigenvalue weighted by molar-refractivity contribution is 0.0971. The number of hydrogen-bond donors (Lipinski definition) is 1. The number of unbranched alkanes of at least 4 members (excludes halogenated alkanes) is 1. The summed E-state index contributed by atoms with van der Waals surface area (Å²) in [6.07, 6.45) is 2.11. The molecule has 4 nitrogen and oxygen atoms in total. The van der Waals surface area contributed by atoms with Crippen molar-refractivity contribution < 1.29 is 19.4 Å². The minimum Gasteiger partial charge on any atom is -0.486 e. The monoisotopic (exact) mass is 366 g/mol. The van der Waals surface area contributed by atoms with E-state index in [4.69, 9.17) is 4.74 Å². The topological polar surface area (TPSA) is 63.6 Å². The second kappa shape index (κ2) is 8.49. The van der Waals surface area contributed by atoms with Gasteiger partial charge < -0.3 is 9.84 Å². The molecule has 0 saturated carbocycles. The van der Waals surface area contributed by atoms with Gasteiger partial charge in [0.1, 0.15) is 11.9 Å². The minimum atomic E-state index is -0.466. The molecule has 4 heteroatoms. The van der Waals surface area contributed by atoms with Crippen molar-refractivity contribution in [2.45, 2.75) is 51.6 Å². The first kappa shape index (κ1) is 19.3. The highest BCUT2D eigenvalue weighted by Gasteiger charge is 2.38. The number of benzene rings is 2. The van der Waals surface area contributed by atoms with Crippen LogP contribution in [0.3, 0.4) is 0 Å². The maximum absolute atomic E-state index is 12.7. The zero-order valence-corrected chi connectivity index (χ0v) is 15.9. The van der Waals surface area contributed by atoms with E-state index in [-0.39, 0.29) is 24.1 Å². The zero-order chi connectivity index (χ0) is 19.4. The molecule has 27 heavy (non-hydrogen) atoms. The van der Waals surface area contributed by atoms with Gasteiger partial charge in [-0.15, -0.1) is 0 Å². The molecule has 2 aromatic carbocycles. The fourth-order valence-corrected chi connectivity index (χ4v) is 3.67. The van der Waals surface area contributed by atoms with E-state index in [9.17, 15) is 14.7 Å². The van der Waals surface area contributed by atoms with Crippen molar-refractivity contribution in [2.75, 3.05) is 6.61 Å². The average molecular weight is 366 g/mol.